The second kappa shape index (κ2) is 23.3. The predicted molar refractivity (Wildman–Crippen MR) is 139 cm³/mol. The molecule has 0 fully saturated rings. The Bertz CT molecular complexity index is 334. The Morgan fingerprint density at radius 2 is 0.710 bits per heavy atom. The fourth-order valence-electron chi connectivity index (χ4n) is 4.63. The number of unbranched alkanes of at least 4 members (excludes halogenated alkanes) is 14. The van der Waals surface area contributed by atoms with Gasteiger partial charge in [-0.15, -0.1) is 0 Å². The minimum absolute atomic E-state index is 0.465. The zero-order valence-corrected chi connectivity index (χ0v) is 23.2. The van der Waals surface area contributed by atoms with Crippen LogP contribution in [0, 0.1) is 0 Å². The van der Waals surface area contributed by atoms with Gasteiger partial charge < -0.3 is 13.3 Å². The first kappa shape index (κ1) is 31.1. The second-order valence-corrected chi connectivity index (χ2v) is 12.0. The summed E-state index contributed by atoms with van der Waals surface area (Å²) in [5, 5.41) is 0. The lowest BCUT2D eigenvalue weighted by Crippen LogP contribution is -2.50. The zero-order valence-electron chi connectivity index (χ0n) is 22.2. The van der Waals surface area contributed by atoms with Crippen molar-refractivity contribution < 1.29 is 13.3 Å². The van der Waals surface area contributed by atoms with Crippen molar-refractivity contribution in [2.75, 3.05) is 19.8 Å². The van der Waals surface area contributed by atoms with Gasteiger partial charge in [0.25, 0.3) is 0 Å². The van der Waals surface area contributed by atoms with Crippen molar-refractivity contribution in [2.45, 2.75) is 156 Å². The van der Waals surface area contributed by atoms with E-state index >= 15 is 0 Å². The van der Waals surface area contributed by atoms with Crippen molar-refractivity contribution >= 4 is 8.80 Å². The lowest BCUT2D eigenvalue weighted by molar-refractivity contribution is 0.0579. The van der Waals surface area contributed by atoms with E-state index < -0.39 is 8.80 Å². The van der Waals surface area contributed by atoms with Crippen LogP contribution in [0.1, 0.15) is 150 Å². The first-order valence-electron chi connectivity index (χ1n) is 14.1. The molecular formula is C27H58O3Si. The molecule has 188 valence electrons. The van der Waals surface area contributed by atoms with Gasteiger partial charge in [0.2, 0.25) is 0 Å². The van der Waals surface area contributed by atoms with Gasteiger partial charge in [-0.1, -0.05) is 117 Å². The highest BCUT2D eigenvalue weighted by atomic mass is 28.4. The van der Waals surface area contributed by atoms with Crippen molar-refractivity contribution in [3.05, 3.63) is 0 Å². The predicted octanol–water partition coefficient (Wildman–Crippen LogP) is 9.47. The maximum atomic E-state index is 6.30. The topological polar surface area (TPSA) is 27.7 Å². The molecule has 0 spiro atoms. The van der Waals surface area contributed by atoms with E-state index in [9.17, 15) is 0 Å². The van der Waals surface area contributed by atoms with Crippen LogP contribution in [0.25, 0.3) is 0 Å². The Morgan fingerprint density at radius 1 is 0.419 bits per heavy atom. The van der Waals surface area contributed by atoms with Crippen molar-refractivity contribution in [2.24, 2.45) is 0 Å². The van der Waals surface area contributed by atoms with Gasteiger partial charge in [-0.2, -0.15) is 0 Å². The molecule has 3 nitrogen and oxygen atoms in total. The normalized spacial score (nSPS) is 13.1. The maximum absolute atomic E-state index is 6.30. The molecule has 0 aromatic rings. The number of hydrogen-bond donors (Lipinski definition) is 0. The van der Waals surface area contributed by atoms with Crippen LogP contribution in [0.3, 0.4) is 0 Å². The van der Waals surface area contributed by atoms with E-state index in [0.717, 1.165) is 0 Å². The summed E-state index contributed by atoms with van der Waals surface area (Å²) in [6.07, 6.45) is 24.4. The van der Waals surface area contributed by atoms with Crippen LogP contribution in [0.4, 0.5) is 0 Å². The molecule has 0 aliphatic rings. The van der Waals surface area contributed by atoms with Gasteiger partial charge in [0.1, 0.15) is 0 Å². The van der Waals surface area contributed by atoms with E-state index in [1.54, 1.807) is 0 Å². The van der Waals surface area contributed by atoms with Crippen LogP contribution < -0.4 is 0 Å². The van der Waals surface area contributed by atoms with Gasteiger partial charge >= 0.3 is 8.80 Å². The second-order valence-electron chi connectivity index (χ2n) is 9.13. The molecule has 31 heavy (non-hydrogen) atoms. The van der Waals surface area contributed by atoms with E-state index in [1.165, 1.54) is 116 Å². The lowest BCUT2D eigenvalue weighted by atomic mass is 10.0. The van der Waals surface area contributed by atoms with Crippen LogP contribution in [-0.4, -0.2) is 28.6 Å². The smallest absolute Gasteiger partial charge is 0.374 e. The SMILES string of the molecule is CCCCCCCCCCCCCC(CCCCCCC)[Si](OCC)(OCC)OCC. The van der Waals surface area contributed by atoms with E-state index in [2.05, 4.69) is 34.6 Å². The van der Waals surface area contributed by atoms with E-state index in [1.807, 2.05) is 0 Å². The van der Waals surface area contributed by atoms with Gasteiger partial charge in [-0.05, 0) is 33.6 Å². The average molecular weight is 459 g/mol. The molecule has 0 amide bonds. The molecule has 0 heterocycles. The molecule has 0 aliphatic carbocycles. The summed E-state index contributed by atoms with van der Waals surface area (Å²) in [6, 6.07) is 0. The summed E-state index contributed by atoms with van der Waals surface area (Å²) in [7, 11) is -2.59. The summed E-state index contributed by atoms with van der Waals surface area (Å²) in [4.78, 5) is 0. The standard InChI is InChI=1S/C27H58O3Si/c1-6-11-13-15-16-17-18-19-20-22-24-26-27(25-23-21-14-12-7-2)31(28-8-3,29-9-4)30-10-5/h27H,6-26H2,1-5H3. The summed E-state index contributed by atoms with van der Waals surface area (Å²) in [6.45, 7) is 12.9. The Kier molecular flexibility index (Phi) is 23.3. The highest BCUT2D eigenvalue weighted by molar-refractivity contribution is 6.62. The highest BCUT2D eigenvalue weighted by Crippen LogP contribution is 2.36. The molecule has 0 rings (SSSR count). The minimum Gasteiger partial charge on any atom is -0.374 e. The quantitative estimate of drug-likeness (QED) is 0.101. The largest absolute Gasteiger partial charge is 0.504 e. The summed E-state index contributed by atoms with van der Waals surface area (Å²) in [5.41, 5.74) is 0.465. The van der Waals surface area contributed by atoms with Crippen LogP contribution in [-0.2, 0) is 13.3 Å². The summed E-state index contributed by atoms with van der Waals surface area (Å²) in [5.74, 6) is 0. The lowest BCUT2D eigenvalue weighted by Gasteiger charge is -2.35. The van der Waals surface area contributed by atoms with Gasteiger partial charge in [0, 0.05) is 25.4 Å². The fourth-order valence-corrected chi connectivity index (χ4v) is 7.91. The molecule has 0 aromatic heterocycles. The monoisotopic (exact) mass is 458 g/mol. The van der Waals surface area contributed by atoms with Crippen molar-refractivity contribution in [1.29, 1.82) is 0 Å². The molecule has 0 saturated heterocycles. The van der Waals surface area contributed by atoms with Crippen LogP contribution >= 0.6 is 0 Å². The highest BCUT2D eigenvalue weighted by Gasteiger charge is 2.48. The molecule has 1 unspecified atom stereocenters. The molecule has 0 bridgehead atoms. The molecule has 0 aromatic carbocycles. The maximum Gasteiger partial charge on any atom is 0.504 e. The van der Waals surface area contributed by atoms with Gasteiger partial charge in [-0.25, -0.2) is 0 Å². The first-order valence-corrected chi connectivity index (χ1v) is 15.9. The van der Waals surface area contributed by atoms with Crippen LogP contribution in [0.15, 0.2) is 0 Å². The van der Waals surface area contributed by atoms with E-state index in [0.29, 0.717) is 25.4 Å². The van der Waals surface area contributed by atoms with Gasteiger partial charge in [0.05, 0.1) is 0 Å². The Morgan fingerprint density at radius 3 is 1.00 bits per heavy atom. The van der Waals surface area contributed by atoms with Crippen LogP contribution in [0.5, 0.6) is 0 Å². The average Bonchev–Trinajstić information content (AvgIpc) is 2.76. The molecule has 0 saturated carbocycles. The molecular weight excluding hydrogens is 400 g/mol. The van der Waals surface area contributed by atoms with Crippen molar-refractivity contribution in [1.82, 2.24) is 0 Å². The molecule has 1 atom stereocenters. The molecule has 0 radical (unpaired) electrons. The Hall–Kier alpha value is 0.0969. The zero-order chi connectivity index (χ0) is 23.0. The summed E-state index contributed by atoms with van der Waals surface area (Å²) < 4.78 is 18.9. The van der Waals surface area contributed by atoms with E-state index in [-0.39, 0.29) is 0 Å². The number of rotatable bonds is 25. The first-order chi connectivity index (χ1) is 15.2. The Balaban J connectivity index is 4.42. The van der Waals surface area contributed by atoms with Crippen LogP contribution in [0.2, 0.25) is 5.54 Å². The number of hydrogen-bond acceptors (Lipinski definition) is 3. The third-order valence-corrected chi connectivity index (χ3v) is 10.00. The fraction of sp³-hybridized carbons (Fsp3) is 1.00. The minimum atomic E-state index is -2.59. The molecule has 0 N–H and O–H groups in total. The third kappa shape index (κ3) is 16.4. The molecule has 4 heteroatoms. The van der Waals surface area contributed by atoms with Crippen molar-refractivity contribution in [3.63, 3.8) is 0 Å². The van der Waals surface area contributed by atoms with Gasteiger partial charge in [-0.3, -0.25) is 0 Å². The summed E-state index contributed by atoms with van der Waals surface area (Å²) >= 11 is 0. The van der Waals surface area contributed by atoms with Crippen molar-refractivity contribution in [3.8, 4) is 0 Å². The third-order valence-electron chi connectivity index (χ3n) is 6.35. The molecule has 0 aliphatic heterocycles. The van der Waals surface area contributed by atoms with E-state index in [4.69, 9.17) is 13.3 Å². The Labute approximate surface area is 197 Å². The van der Waals surface area contributed by atoms with Gasteiger partial charge in [0.15, 0.2) is 0 Å².